The highest BCUT2D eigenvalue weighted by atomic mass is 16.5. The molecule has 2 heterocycles. The van der Waals surface area contributed by atoms with E-state index >= 15 is 0 Å². The molecule has 2 atom stereocenters. The van der Waals surface area contributed by atoms with E-state index in [1.54, 1.807) is 12.4 Å². The van der Waals surface area contributed by atoms with Crippen LogP contribution in [0.3, 0.4) is 0 Å². The second-order valence-corrected chi connectivity index (χ2v) is 5.57. The molecule has 2 rings (SSSR count). The number of morpholine rings is 1. The Hall–Kier alpha value is -1.73. The van der Waals surface area contributed by atoms with Crippen LogP contribution in [0.1, 0.15) is 25.8 Å². The van der Waals surface area contributed by atoms with Crippen molar-refractivity contribution in [2.24, 2.45) is 5.92 Å². The lowest BCUT2D eigenvalue weighted by Gasteiger charge is -2.26. The highest BCUT2D eigenvalue weighted by molar-refractivity contribution is 5.73. The third-order valence-corrected chi connectivity index (χ3v) is 3.99. The van der Waals surface area contributed by atoms with Crippen LogP contribution in [0.4, 0.5) is 5.95 Å². The van der Waals surface area contributed by atoms with Gasteiger partial charge in [0.05, 0.1) is 13.2 Å². The van der Waals surface area contributed by atoms with Gasteiger partial charge >= 0.3 is 5.97 Å². The van der Waals surface area contributed by atoms with Crippen molar-refractivity contribution in [1.82, 2.24) is 15.3 Å². The molecule has 0 radical (unpaired) electrons. The standard InChI is InChI=1S/C15H24N4O3/c1-3-11(2)13(14(20)21)16-8-12-9-17-15(18-10-12)19-4-6-22-7-5-19/h9-11,13,16H,3-8H2,1-2H3,(H,20,21)/t11-,13+/m0/s1. The second kappa shape index (κ2) is 8.05. The molecule has 1 saturated heterocycles. The third-order valence-electron chi connectivity index (χ3n) is 3.99. The molecule has 0 spiro atoms. The summed E-state index contributed by atoms with van der Waals surface area (Å²) >= 11 is 0. The predicted octanol–water partition coefficient (Wildman–Crippen LogP) is 0.902. The number of aliphatic carboxylic acids is 1. The minimum Gasteiger partial charge on any atom is -0.480 e. The molecule has 7 heteroatoms. The van der Waals surface area contributed by atoms with E-state index in [0.717, 1.165) is 25.1 Å². The molecule has 0 unspecified atom stereocenters. The molecule has 0 aromatic carbocycles. The van der Waals surface area contributed by atoms with Gasteiger partial charge in [0.15, 0.2) is 0 Å². The van der Waals surface area contributed by atoms with Crippen LogP contribution < -0.4 is 10.2 Å². The molecule has 1 aromatic rings. The van der Waals surface area contributed by atoms with E-state index in [1.807, 2.05) is 13.8 Å². The number of hydrogen-bond acceptors (Lipinski definition) is 6. The zero-order valence-electron chi connectivity index (χ0n) is 13.2. The minimum atomic E-state index is -0.819. The van der Waals surface area contributed by atoms with E-state index in [4.69, 9.17) is 4.74 Å². The summed E-state index contributed by atoms with van der Waals surface area (Å²) in [5, 5.41) is 12.3. The fraction of sp³-hybridized carbons (Fsp3) is 0.667. The maximum absolute atomic E-state index is 11.3. The van der Waals surface area contributed by atoms with Crippen molar-refractivity contribution >= 4 is 11.9 Å². The van der Waals surface area contributed by atoms with E-state index in [1.165, 1.54) is 0 Å². The topological polar surface area (TPSA) is 87.6 Å². The molecule has 0 amide bonds. The summed E-state index contributed by atoms with van der Waals surface area (Å²) in [6, 6.07) is -0.552. The van der Waals surface area contributed by atoms with Gasteiger partial charge in [-0.1, -0.05) is 20.3 Å². The van der Waals surface area contributed by atoms with Crippen LogP contribution >= 0.6 is 0 Å². The lowest BCUT2D eigenvalue weighted by Crippen LogP contribution is -2.41. The van der Waals surface area contributed by atoms with Crippen LogP contribution in [0.5, 0.6) is 0 Å². The van der Waals surface area contributed by atoms with Gasteiger partial charge in [0.25, 0.3) is 0 Å². The number of nitrogens with zero attached hydrogens (tertiary/aromatic N) is 3. The fourth-order valence-corrected chi connectivity index (χ4v) is 2.36. The van der Waals surface area contributed by atoms with Crippen molar-refractivity contribution < 1.29 is 14.6 Å². The summed E-state index contributed by atoms with van der Waals surface area (Å²) in [4.78, 5) is 22.1. The first-order valence-electron chi connectivity index (χ1n) is 7.71. The van der Waals surface area contributed by atoms with Crippen molar-refractivity contribution in [1.29, 1.82) is 0 Å². The first-order chi connectivity index (χ1) is 10.6. The molecule has 7 nitrogen and oxygen atoms in total. The zero-order valence-corrected chi connectivity index (χ0v) is 13.2. The van der Waals surface area contributed by atoms with Crippen molar-refractivity contribution in [3.05, 3.63) is 18.0 Å². The molecule has 0 aliphatic carbocycles. The van der Waals surface area contributed by atoms with Gasteiger partial charge in [0, 0.05) is 37.6 Å². The monoisotopic (exact) mass is 308 g/mol. The maximum Gasteiger partial charge on any atom is 0.320 e. The predicted molar refractivity (Wildman–Crippen MR) is 82.8 cm³/mol. The quantitative estimate of drug-likeness (QED) is 0.774. The summed E-state index contributed by atoms with van der Waals surface area (Å²) in [5.74, 6) is -0.0463. The lowest BCUT2D eigenvalue weighted by molar-refractivity contribution is -0.140. The minimum absolute atomic E-state index is 0.0750. The SMILES string of the molecule is CC[C@H](C)[C@@H](NCc1cnc(N2CCOCC2)nc1)C(=O)O. The van der Waals surface area contributed by atoms with E-state index in [-0.39, 0.29) is 5.92 Å². The third kappa shape index (κ3) is 4.38. The van der Waals surface area contributed by atoms with Gasteiger partial charge in [-0.3, -0.25) is 10.1 Å². The van der Waals surface area contributed by atoms with Crippen molar-refractivity contribution in [3.63, 3.8) is 0 Å². The lowest BCUT2D eigenvalue weighted by atomic mass is 9.99. The Morgan fingerprint density at radius 1 is 1.41 bits per heavy atom. The number of nitrogens with one attached hydrogen (secondary N) is 1. The average molecular weight is 308 g/mol. The summed E-state index contributed by atoms with van der Waals surface area (Å²) in [6.07, 6.45) is 4.32. The number of carboxylic acid groups (broad SMARTS) is 1. The Balaban J connectivity index is 1.91. The first kappa shape index (κ1) is 16.6. The number of carboxylic acids is 1. The molecule has 1 fully saturated rings. The summed E-state index contributed by atoms with van der Waals surface area (Å²) < 4.78 is 5.30. The van der Waals surface area contributed by atoms with Crippen molar-refractivity contribution in [3.8, 4) is 0 Å². The first-order valence-corrected chi connectivity index (χ1v) is 7.71. The number of rotatable bonds is 7. The molecule has 1 aliphatic rings. The van der Waals surface area contributed by atoms with Crippen molar-refractivity contribution in [2.45, 2.75) is 32.9 Å². The molecular formula is C15H24N4O3. The second-order valence-electron chi connectivity index (χ2n) is 5.57. The van der Waals surface area contributed by atoms with E-state index in [9.17, 15) is 9.90 Å². The zero-order chi connectivity index (χ0) is 15.9. The Labute approximate surface area is 130 Å². The molecule has 1 aliphatic heterocycles. The van der Waals surface area contributed by atoms with Crippen LogP contribution in [0.15, 0.2) is 12.4 Å². The summed E-state index contributed by atoms with van der Waals surface area (Å²) in [6.45, 7) is 7.36. The molecule has 1 aromatic heterocycles. The van der Waals surface area contributed by atoms with Crippen LogP contribution in [0, 0.1) is 5.92 Å². The fourth-order valence-electron chi connectivity index (χ4n) is 2.36. The van der Waals surface area contributed by atoms with Crippen LogP contribution in [-0.2, 0) is 16.1 Å². The van der Waals surface area contributed by atoms with Gasteiger partial charge in [0.2, 0.25) is 5.95 Å². The van der Waals surface area contributed by atoms with Crippen LogP contribution in [0.2, 0.25) is 0 Å². The molecule has 2 N–H and O–H groups in total. The molecule has 122 valence electrons. The highest BCUT2D eigenvalue weighted by Gasteiger charge is 2.22. The van der Waals surface area contributed by atoms with Gasteiger partial charge < -0.3 is 14.7 Å². The van der Waals surface area contributed by atoms with E-state index in [2.05, 4.69) is 20.2 Å². The molecule has 22 heavy (non-hydrogen) atoms. The average Bonchev–Trinajstić information content (AvgIpc) is 2.56. The Bertz CT molecular complexity index is 474. The Kier molecular flexibility index (Phi) is 6.09. The van der Waals surface area contributed by atoms with Crippen LogP contribution in [0.25, 0.3) is 0 Å². The molecule has 0 bridgehead atoms. The van der Waals surface area contributed by atoms with Gasteiger partial charge in [-0.05, 0) is 5.92 Å². The summed E-state index contributed by atoms with van der Waals surface area (Å²) in [5.41, 5.74) is 0.881. The van der Waals surface area contributed by atoms with Crippen molar-refractivity contribution in [2.75, 3.05) is 31.2 Å². The van der Waals surface area contributed by atoms with Gasteiger partial charge in [-0.15, -0.1) is 0 Å². The molecular weight excluding hydrogens is 284 g/mol. The Morgan fingerprint density at radius 3 is 2.59 bits per heavy atom. The number of hydrogen-bond donors (Lipinski definition) is 2. The highest BCUT2D eigenvalue weighted by Crippen LogP contribution is 2.11. The van der Waals surface area contributed by atoms with Gasteiger partial charge in [0.1, 0.15) is 6.04 Å². The molecule has 0 saturated carbocycles. The van der Waals surface area contributed by atoms with Gasteiger partial charge in [-0.2, -0.15) is 0 Å². The number of ether oxygens (including phenoxy) is 1. The normalized spacial score (nSPS) is 18.0. The van der Waals surface area contributed by atoms with E-state index < -0.39 is 12.0 Å². The Morgan fingerprint density at radius 2 is 2.05 bits per heavy atom. The van der Waals surface area contributed by atoms with E-state index in [0.29, 0.717) is 25.7 Å². The smallest absolute Gasteiger partial charge is 0.320 e. The number of carbonyl (C=O) groups is 1. The largest absolute Gasteiger partial charge is 0.480 e. The number of aromatic nitrogens is 2. The van der Waals surface area contributed by atoms with Crippen LogP contribution in [-0.4, -0.2) is 53.4 Å². The maximum atomic E-state index is 11.3. The summed E-state index contributed by atoms with van der Waals surface area (Å²) in [7, 11) is 0. The van der Waals surface area contributed by atoms with Gasteiger partial charge in [-0.25, -0.2) is 9.97 Å². The number of anilines is 1.